The number of hydrogen-bond acceptors (Lipinski definition) is 5. The normalized spacial score (nSPS) is 13.0. The molecule has 2 aromatic carbocycles. The number of amides is 3. The minimum atomic E-state index is -0.869. The molecule has 3 rings (SSSR count). The van der Waals surface area contributed by atoms with Crippen molar-refractivity contribution in [3.63, 3.8) is 0 Å². The van der Waals surface area contributed by atoms with Crippen LogP contribution in [0.2, 0.25) is 5.02 Å². The van der Waals surface area contributed by atoms with E-state index in [1.165, 1.54) is 25.3 Å². The molecule has 9 heteroatoms. The molecule has 0 atom stereocenters. The monoisotopic (exact) mass is 406 g/mol. The zero-order valence-corrected chi connectivity index (χ0v) is 15.5. The number of rotatable bonds is 6. The molecule has 0 unspecified atom stereocenters. The van der Waals surface area contributed by atoms with Gasteiger partial charge in [0.2, 0.25) is 0 Å². The molecule has 1 aliphatic heterocycles. The van der Waals surface area contributed by atoms with Crippen molar-refractivity contribution in [3.05, 3.63) is 57.9 Å². The summed E-state index contributed by atoms with van der Waals surface area (Å²) in [6, 6.07) is 5.91. The fourth-order valence-electron chi connectivity index (χ4n) is 2.83. The van der Waals surface area contributed by atoms with Crippen LogP contribution >= 0.6 is 11.6 Å². The van der Waals surface area contributed by atoms with Gasteiger partial charge in [-0.2, -0.15) is 0 Å². The summed E-state index contributed by atoms with van der Waals surface area (Å²) in [4.78, 5) is 38.4. The Labute approximate surface area is 164 Å². The number of aromatic hydroxyl groups is 1. The SMILES string of the molecule is COCCCN1C(=O)c2ccc(C(=O)Nc3cc(Cl)c(O)cc3F)cc2C1=O. The van der Waals surface area contributed by atoms with Gasteiger partial charge in [-0.3, -0.25) is 19.3 Å². The second-order valence-corrected chi connectivity index (χ2v) is 6.51. The van der Waals surface area contributed by atoms with Crippen molar-refractivity contribution < 1.29 is 28.6 Å². The lowest BCUT2D eigenvalue weighted by atomic mass is 10.1. The summed E-state index contributed by atoms with van der Waals surface area (Å²) in [5.74, 6) is -2.94. The van der Waals surface area contributed by atoms with Crippen LogP contribution in [-0.2, 0) is 4.74 Å². The molecule has 0 saturated carbocycles. The van der Waals surface area contributed by atoms with E-state index in [1.807, 2.05) is 0 Å². The molecule has 1 heterocycles. The Morgan fingerprint density at radius 3 is 2.64 bits per heavy atom. The van der Waals surface area contributed by atoms with Gasteiger partial charge in [0.1, 0.15) is 5.75 Å². The van der Waals surface area contributed by atoms with Gasteiger partial charge in [0, 0.05) is 31.9 Å². The quantitative estimate of drug-likeness (QED) is 0.436. The van der Waals surface area contributed by atoms with Gasteiger partial charge in [-0.05, 0) is 30.7 Å². The summed E-state index contributed by atoms with van der Waals surface area (Å²) >= 11 is 5.73. The first-order valence-corrected chi connectivity index (χ1v) is 8.70. The van der Waals surface area contributed by atoms with Gasteiger partial charge in [-0.15, -0.1) is 0 Å². The maximum atomic E-state index is 13.9. The number of phenolic OH excluding ortho intramolecular Hbond substituents is 1. The van der Waals surface area contributed by atoms with Crippen molar-refractivity contribution in [2.75, 3.05) is 25.6 Å². The molecule has 1 aliphatic rings. The standard InChI is InChI=1S/C19H16ClFN2O5/c1-28-6-2-5-23-18(26)11-4-3-10(7-12(11)19(23)27)17(25)22-15-8-13(20)16(24)9-14(15)21/h3-4,7-9,24H,2,5-6H2,1H3,(H,22,25). The molecule has 0 bridgehead atoms. The maximum Gasteiger partial charge on any atom is 0.261 e. The largest absolute Gasteiger partial charge is 0.506 e. The van der Waals surface area contributed by atoms with Gasteiger partial charge in [-0.25, -0.2) is 4.39 Å². The van der Waals surface area contributed by atoms with Crippen LogP contribution < -0.4 is 5.32 Å². The smallest absolute Gasteiger partial charge is 0.261 e. The summed E-state index contributed by atoms with van der Waals surface area (Å²) in [5, 5.41) is 11.6. The van der Waals surface area contributed by atoms with Gasteiger partial charge in [0.25, 0.3) is 17.7 Å². The zero-order valence-electron chi connectivity index (χ0n) is 14.8. The van der Waals surface area contributed by atoms with Crippen molar-refractivity contribution in [2.45, 2.75) is 6.42 Å². The lowest BCUT2D eigenvalue weighted by Crippen LogP contribution is -2.31. The first-order valence-electron chi connectivity index (χ1n) is 8.32. The molecule has 146 valence electrons. The summed E-state index contributed by atoms with van der Waals surface area (Å²) in [6.07, 6.45) is 0.496. The van der Waals surface area contributed by atoms with Crippen molar-refractivity contribution in [1.29, 1.82) is 0 Å². The summed E-state index contributed by atoms with van der Waals surface area (Å²) < 4.78 is 18.8. The minimum absolute atomic E-state index is 0.0715. The molecule has 2 N–H and O–H groups in total. The Bertz CT molecular complexity index is 979. The average molecular weight is 407 g/mol. The predicted molar refractivity (Wildman–Crippen MR) is 99.3 cm³/mol. The molecule has 7 nitrogen and oxygen atoms in total. The number of nitrogens with one attached hydrogen (secondary N) is 1. The van der Waals surface area contributed by atoms with Gasteiger partial charge in [0.05, 0.1) is 21.8 Å². The molecule has 0 radical (unpaired) electrons. The third-order valence-electron chi connectivity index (χ3n) is 4.25. The summed E-state index contributed by atoms with van der Waals surface area (Å²) in [6.45, 7) is 0.612. The van der Waals surface area contributed by atoms with E-state index in [-0.39, 0.29) is 33.9 Å². The van der Waals surface area contributed by atoms with Crippen molar-refractivity contribution in [1.82, 2.24) is 4.90 Å². The molecule has 0 fully saturated rings. The zero-order chi connectivity index (χ0) is 20.4. The number of ether oxygens (including phenoxy) is 1. The van der Waals surface area contributed by atoms with Gasteiger partial charge in [0.15, 0.2) is 5.82 Å². The number of nitrogens with zero attached hydrogens (tertiary/aromatic N) is 1. The number of halogens is 2. The number of methoxy groups -OCH3 is 1. The number of carbonyl (C=O) groups excluding carboxylic acids is 3. The predicted octanol–water partition coefficient (Wildman–Crippen LogP) is 3.07. The molecule has 0 spiro atoms. The van der Waals surface area contributed by atoms with Gasteiger partial charge < -0.3 is 15.2 Å². The number of phenols is 1. The van der Waals surface area contributed by atoms with E-state index in [4.69, 9.17) is 16.3 Å². The van der Waals surface area contributed by atoms with E-state index in [2.05, 4.69) is 5.32 Å². The van der Waals surface area contributed by atoms with Gasteiger partial charge in [-0.1, -0.05) is 11.6 Å². The Balaban J connectivity index is 1.81. The Hall–Kier alpha value is -2.97. The van der Waals surface area contributed by atoms with Gasteiger partial charge >= 0.3 is 0 Å². The second kappa shape index (κ2) is 7.95. The Morgan fingerprint density at radius 2 is 1.93 bits per heavy atom. The topological polar surface area (TPSA) is 95.9 Å². The van der Waals surface area contributed by atoms with Crippen molar-refractivity contribution in [2.24, 2.45) is 0 Å². The van der Waals surface area contributed by atoms with E-state index < -0.39 is 29.3 Å². The highest BCUT2D eigenvalue weighted by molar-refractivity contribution is 6.32. The van der Waals surface area contributed by atoms with Crippen LogP contribution in [0.3, 0.4) is 0 Å². The van der Waals surface area contributed by atoms with E-state index in [0.29, 0.717) is 13.0 Å². The van der Waals surface area contributed by atoms with Crippen LogP contribution in [-0.4, -0.2) is 48.0 Å². The lowest BCUT2D eigenvalue weighted by molar-refractivity contribution is 0.0638. The third-order valence-corrected chi connectivity index (χ3v) is 4.55. The summed E-state index contributed by atoms with van der Waals surface area (Å²) in [7, 11) is 1.53. The minimum Gasteiger partial charge on any atom is -0.506 e. The first-order chi connectivity index (χ1) is 13.3. The lowest BCUT2D eigenvalue weighted by Gasteiger charge is -2.12. The fraction of sp³-hybridized carbons (Fsp3) is 0.211. The maximum absolute atomic E-state index is 13.9. The number of carbonyl (C=O) groups is 3. The molecule has 0 aliphatic carbocycles. The number of fused-ring (bicyclic) bond motifs is 1. The van der Waals surface area contributed by atoms with Crippen LogP contribution in [0.1, 0.15) is 37.5 Å². The van der Waals surface area contributed by atoms with E-state index >= 15 is 0 Å². The third kappa shape index (κ3) is 3.69. The molecule has 0 aromatic heterocycles. The first kappa shape index (κ1) is 19.8. The number of anilines is 1. The molecule has 0 saturated heterocycles. The van der Waals surface area contributed by atoms with E-state index in [0.717, 1.165) is 17.0 Å². The molecule has 28 heavy (non-hydrogen) atoms. The highest BCUT2D eigenvalue weighted by Crippen LogP contribution is 2.30. The van der Waals surface area contributed by atoms with Crippen LogP contribution in [0.4, 0.5) is 10.1 Å². The molecule has 2 aromatic rings. The van der Waals surface area contributed by atoms with Crippen molar-refractivity contribution in [3.8, 4) is 5.75 Å². The number of benzene rings is 2. The highest BCUT2D eigenvalue weighted by atomic mass is 35.5. The molecular formula is C19H16ClFN2O5. The van der Waals surface area contributed by atoms with E-state index in [9.17, 15) is 23.9 Å². The van der Waals surface area contributed by atoms with E-state index in [1.54, 1.807) is 0 Å². The number of imide groups is 1. The Kier molecular flexibility index (Phi) is 5.62. The summed E-state index contributed by atoms with van der Waals surface area (Å²) in [5.41, 5.74) is 0.163. The average Bonchev–Trinajstić information content (AvgIpc) is 2.90. The number of hydrogen-bond donors (Lipinski definition) is 2. The molecular weight excluding hydrogens is 391 g/mol. The van der Waals surface area contributed by atoms with Crippen LogP contribution in [0, 0.1) is 5.82 Å². The highest BCUT2D eigenvalue weighted by Gasteiger charge is 2.35. The van der Waals surface area contributed by atoms with Crippen LogP contribution in [0.25, 0.3) is 0 Å². The van der Waals surface area contributed by atoms with Crippen LogP contribution in [0.15, 0.2) is 30.3 Å². The van der Waals surface area contributed by atoms with Crippen molar-refractivity contribution >= 4 is 35.0 Å². The second-order valence-electron chi connectivity index (χ2n) is 6.11. The Morgan fingerprint density at radius 1 is 1.21 bits per heavy atom. The fourth-order valence-corrected chi connectivity index (χ4v) is 2.99. The van der Waals surface area contributed by atoms with Crippen LogP contribution in [0.5, 0.6) is 5.75 Å². The molecule has 3 amide bonds.